The maximum Gasteiger partial charge on any atom is 0.410 e. The van der Waals surface area contributed by atoms with Gasteiger partial charge in [-0.2, -0.15) is 0 Å². The van der Waals surface area contributed by atoms with Gasteiger partial charge in [-0.25, -0.2) is 19.2 Å². The van der Waals surface area contributed by atoms with Crippen LogP contribution in [0.1, 0.15) is 26.5 Å². The molecule has 7 heteroatoms. The molecule has 0 atom stereocenters. The number of ether oxygens (including phenoxy) is 1. The van der Waals surface area contributed by atoms with E-state index in [0.717, 1.165) is 0 Å². The maximum atomic E-state index is 12.6. The number of nitrogens with zero attached hydrogens (tertiary/aromatic N) is 4. The van der Waals surface area contributed by atoms with Crippen LogP contribution in [0.25, 0.3) is 0 Å². The van der Waals surface area contributed by atoms with Crippen molar-refractivity contribution in [1.82, 2.24) is 14.9 Å². The Morgan fingerprint density at radius 2 is 2.14 bits per heavy atom. The summed E-state index contributed by atoms with van der Waals surface area (Å²) in [6.07, 6.45) is 1.02. The molecule has 1 aliphatic rings. The third kappa shape index (κ3) is 3.80. The topological polar surface area (TPSA) is 58.6 Å². The number of aromatic nitrogens is 2. The Hall–Kier alpha value is -1.92. The molecule has 116 valence electrons. The van der Waals surface area contributed by atoms with Gasteiger partial charge in [0.15, 0.2) is 0 Å². The Balaban J connectivity index is 1.89. The summed E-state index contributed by atoms with van der Waals surface area (Å²) >= 11 is 0. The first-order chi connectivity index (χ1) is 9.80. The molecular formula is C14H21FN4O2. The fraction of sp³-hybridized carbons (Fsp3) is 0.643. The zero-order chi connectivity index (χ0) is 15.6. The summed E-state index contributed by atoms with van der Waals surface area (Å²) in [7, 11) is 1.73. The summed E-state index contributed by atoms with van der Waals surface area (Å²) < 4.78 is 17.9. The molecule has 1 fully saturated rings. The summed E-state index contributed by atoms with van der Waals surface area (Å²) in [6.45, 7) is 6.21. The second-order valence-corrected chi connectivity index (χ2v) is 6.15. The van der Waals surface area contributed by atoms with E-state index in [-0.39, 0.29) is 12.1 Å². The molecular weight excluding hydrogens is 275 g/mol. The van der Waals surface area contributed by atoms with Crippen molar-refractivity contribution in [2.45, 2.75) is 39.1 Å². The third-order valence-corrected chi connectivity index (χ3v) is 3.26. The van der Waals surface area contributed by atoms with Crippen molar-refractivity contribution in [3.05, 3.63) is 18.1 Å². The Morgan fingerprint density at radius 1 is 1.48 bits per heavy atom. The summed E-state index contributed by atoms with van der Waals surface area (Å²) in [5.41, 5.74) is -0.138. The summed E-state index contributed by atoms with van der Waals surface area (Å²) in [5, 5.41) is 0. The molecule has 0 aromatic carbocycles. The van der Waals surface area contributed by atoms with Crippen LogP contribution in [0, 0.1) is 0 Å². The molecule has 21 heavy (non-hydrogen) atoms. The van der Waals surface area contributed by atoms with Gasteiger partial charge < -0.3 is 14.5 Å². The molecule has 1 amide bonds. The van der Waals surface area contributed by atoms with E-state index in [1.165, 1.54) is 6.33 Å². The predicted octanol–water partition coefficient (Wildman–Crippen LogP) is 2.00. The first kappa shape index (κ1) is 15.5. The van der Waals surface area contributed by atoms with E-state index < -0.39 is 12.3 Å². The van der Waals surface area contributed by atoms with Crippen molar-refractivity contribution in [2.24, 2.45) is 0 Å². The van der Waals surface area contributed by atoms with Crippen LogP contribution < -0.4 is 4.90 Å². The lowest BCUT2D eigenvalue weighted by Gasteiger charge is -2.44. The number of rotatable bonds is 3. The van der Waals surface area contributed by atoms with Gasteiger partial charge in [-0.1, -0.05) is 0 Å². The fourth-order valence-electron chi connectivity index (χ4n) is 2.00. The molecule has 1 saturated heterocycles. The van der Waals surface area contributed by atoms with Gasteiger partial charge in [0, 0.05) is 26.2 Å². The van der Waals surface area contributed by atoms with Gasteiger partial charge in [-0.05, 0) is 20.8 Å². The number of halogens is 1. The standard InChI is InChI=1S/C14H21FN4O2/c1-14(2,3)21-13(20)18(4)11-7-19(8-11)12-5-10(6-15)16-9-17-12/h5,9,11H,6-8H2,1-4H3. The van der Waals surface area contributed by atoms with Crippen LogP contribution in [0.2, 0.25) is 0 Å². The second kappa shape index (κ2) is 5.83. The van der Waals surface area contributed by atoms with Crippen molar-refractivity contribution in [2.75, 3.05) is 25.0 Å². The number of anilines is 1. The van der Waals surface area contributed by atoms with E-state index in [0.29, 0.717) is 24.6 Å². The smallest absolute Gasteiger partial charge is 0.410 e. The minimum absolute atomic E-state index is 0.0728. The van der Waals surface area contributed by atoms with Gasteiger partial charge >= 0.3 is 6.09 Å². The second-order valence-electron chi connectivity index (χ2n) is 6.15. The highest BCUT2D eigenvalue weighted by atomic mass is 19.1. The molecule has 6 nitrogen and oxygen atoms in total. The lowest BCUT2D eigenvalue weighted by atomic mass is 10.1. The Kier molecular flexibility index (Phi) is 4.29. The quantitative estimate of drug-likeness (QED) is 0.854. The number of hydrogen-bond acceptors (Lipinski definition) is 5. The highest BCUT2D eigenvalue weighted by Crippen LogP contribution is 2.22. The number of alkyl halides is 1. The zero-order valence-corrected chi connectivity index (χ0v) is 12.8. The van der Waals surface area contributed by atoms with Crippen LogP contribution in [0.4, 0.5) is 15.0 Å². The summed E-state index contributed by atoms with van der Waals surface area (Å²) in [4.78, 5) is 23.5. The van der Waals surface area contributed by atoms with Crippen molar-refractivity contribution < 1.29 is 13.9 Å². The molecule has 0 spiro atoms. The molecule has 2 heterocycles. The molecule has 0 unspecified atom stereocenters. The number of carbonyl (C=O) groups excluding carboxylic acids is 1. The molecule has 0 saturated carbocycles. The van der Waals surface area contributed by atoms with E-state index >= 15 is 0 Å². The average Bonchev–Trinajstić information content (AvgIpc) is 2.35. The molecule has 1 aromatic heterocycles. The minimum Gasteiger partial charge on any atom is -0.444 e. The van der Waals surface area contributed by atoms with Crippen LogP contribution >= 0.6 is 0 Å². The van der Waals surface area contributed by atoms with Gasteiger partial charge in [0.25, 0.3) is 0 Å². The van der Waals surface area contributed by atoms with Crippen LogP contribution in [0.15, 0.2) is 12.4 Å². The monoisotopic (exact) mass is 296 g/mol. The van der Waals surface area contributed by atoms with Crippen LogP contribution in [-0.4, -0.2) is 52.7 Å². The zero-order valence-electron chi connectivity index (χ0n) is 12.8. The van der Waals surface area contributed by atoms with Crippen molar-refractivity contribution in [3.8, 4) is 0 Å². The van der Waals surface area contributed by atoms with Crippen LogP contribution in [0.5, 0.6) is 0 Å². The van der Waals surface area contributed by atoms with Crippen LogP contribution in [-0.2, 0) is 11.4 Å². The lowest BCUT2D eigenvalue weighted by Crippen LogP contribution is -2.60. The molecule has 2 rings (SSSR count). The Bertz CT molecular complexity index is 512. The number of likely N-dealkylation sites (N-methyl/N-ethyl adjacent to an activating group) is 1. The lowest BCUT2D eigenvalue weighted by molar-refractivity contribution is 0.0196. The van der Waals surface area contributed by atoms with Crippen LogP contribution in [0.3, 0.4) is 0 Å². The van der Waals surface area contributed by atoms with Gasteiger partial charge in [0.1, 0.15) is 24.4 Å². The van der Waals surface area contributed by atoms with E-state index in [9.17, 15) is 9.18 Å². The molecule has 0 aliphatic carbocycles. The number of hydrogen-bond donors (Lipinski definition) is 0. The van der Waals surface area contributed by atoms with Gasteiger partial charge in [0.2, 0.25) is 0 Å². The summed E-state index contributed by atoms with van der Waals surface area (Å²) in [5.74, 6) is 0.687. The first-order valence-electron chi connectivity index (χ1n) is 6.88. The van der Waals surface area contributed by atoms with E-state index in [1.807, 2.05) is 25.7 Å². The molecule has 1 aromatic rings. The SMILES string of the molecule is CN(C(=O)OC(C)(C)C)C1CN(c2cc(CF)ncn2)C1. The fourth-order valence-corrected chi connectivity index (χ4v) is 2.00. The highest BCUT2D eigenvalue weighted by molar-refractivity contribution is 5.69. The molecule has 0 bridgehead atoms. The Morgan fingerprint density at radius 3 is 2.71 bits per heavy atom. The highest BCUT2D eigenvalue weighted by Gasteiger charge is 2.35. The van der Waals surface area contributed by atoms with Gasteiger partial charge in [0.05, 0.1) is 11.7 Å². The first-order valence-corrected chi connectivity index (χ1v) is 6.88. The normalized spacial score (nSPS) is 15.6. The van der Waals surface area contributed by atoms with E-state index in [2.05, 4.69) is 9.97 Å². The average molecular weight is 296 g/mol. The molecule has 0 radical (unpaired) electrons. The van der Waals surface area contributed by atoms with E-state index in [4.69, 9.17) is 4.74 Å². The predicted molar refractivity (Wildman–Crippen MR) is 76.8 cm³/mol. The van der Waals surface area contributed by atoms with Crippen molar-refractivity contribution >= 4 is 11.9 Å². The summed E-state index contributed by atoms with van der Waals surface area (Å²) in [6, 6.07) is 1.70. The maximum absolute atomic E-state index is 12.6. The largest absolute Gasteiger partial charge is 0.444 e. The van der Waals surface area contributed by atoms with Crippen molar-refractivity contribution in [1.29, 1.82) is 0 Å². The Labute approximate surface area is 123 Å². The number of amides is 1. The van der Waals surface area contributed by atoms with Gasteiger partial charge in [-0.15, -0.1) is 0 Å². The number of carbonyl (C=O) groups is 1. The minimum atomic E-state index is -0.607. The van der Waals surface area contributed by atoms with E-state index in [1.54, 1.807) is 18.0 Å². The third-order valence-electron chi connectivity index (χ3n) is 3.26. The van der Waals surface area contributed by atoms with Gasteiger partial charge in [-0.3, -0.25) is 0 Å². The van der Waals surface area contributed by atoms with Crippen molar-refractivity contribution in [3.63, 3.8) is 0 Å². The molecule has 0 N–H and O–H groups in total. The molecule has 1 aliphatic heterocycles.